The van der Waals surface area contributed by atoms with E-state index < -0.39 is 4.92 Å². The molecular formula is C18H20N6O3. The molecule has 27 heavy (non-hydrogen) atoms. The minimum absolute atomic E-state index is 0.0483. The number of benzene rings is 1. The highest BCUT2D eigenvalue weighted by Gasteiger charge is 2.16. The molecule has 1 N–H and O–H groups in total. The van der Waals surface area contributed by atoms with Gasteiger partial charge in [0.05, 0.1) is 29.9 Å². The maximum Gasteiger partial charge on any atom is 0.309 e. The fourth-order valence-corrected chi connectivity index (χ4v) is 2.67. The van der Waals surface area contributed by atoms with Crippen LogP contribution in [0.5, 0.6) is 0 Å². The van der Waals surface area contributed by atoms with Crippen LogP contribution in [0.4, 0.5) is 11.4 Å². The molecule has 0 spiro atoms. The van der Waals surface area contributed by atoms with Gasteiger partial charge >= 0.3 is 5.69 Å². The summed E-state index contributed by atoms with van der Waals surface area (Å²) in [6, 6.07) is 8.17. The van der Waals surface area contributed by atoms with Gasteiger partial charge in [-0.2, -0.15) is 10.2 Å². The van der Waals surface area contributed by atoms with Gasteiger partial charge in [0.1, 0.15) is 11.9 Å². The van der Waals surface area contributed by atoms with Gasteiger partial charge in [0.2, 0.25) is 5.91 Å². The number of nitro groups is 1. The molecule has 0 unspecified atom stereocenters. The van der Waals surface area contributed by atoms with Crippen molar-refractivity contribution in [2.24, 2.45) is 0 Å². The number of amides is 1. The molecule has 0 saturated carbocycles. The molecule has 1 aromatic carbocycles. The molecule has 3 rings (SSSR count). The quantitative estimate of drug-likeness (QED) is 0.509. The Hall–Kier alpha value is -3.49. The maximum absolute atomic E-state index is 12.1. The van der Waals surface area contributed by atoms with E-state index in [2.05, 4.69) is 15.5 Å². The summed E-state index contributed by atoms with van der Waals surface area (Å²) in [5, 5.41) is 21.8. The summed E-state index contributed by atoms with van der Waals surface area (Å²) in [6.45, 7) is 4.53. The van der Waals surface area contributed by atoms with Crippen LogP contribution in [0.25, 0.3) is 0 Å². The lowest BCUT2D eigenvalue weighted by atomic mass is 10.1. The van der Waals surface area contributed by atoms with Gasteiger partial charge in [-0.1, -0.05) is 29.8 Å². The van der Waals surface area contributed by atoms with Crippen molar-refractivity contribution < 1.29 is 9.72 Å². The number of hydrogen-bond donors (Lipinski definition) is 1. The second-order valence-electron chi connectivity index (χ2n) is 6.31. The van der Waals surface area contributed by atoms with Crippen LogP contribution in [0, 0.1) is 24.0 Å². The second kappa shape index (κ2) is 7.81. The van der Waals surface area contributed by atoms with Crippen LogP contribution >= 0.6 is 0 Å². The van der Waals surface area contributed by atoms with E-state index >= 15 is 0 Å². The Balaban J connectivity index is 1.53. The molecule has 2 aromatic heterocycles. The van der Waals surface area contributed by atoms with Crippen molar-refractivity contribution in [1.29, 1.82) is 0 Å². The molecule has 0 aliphatic carbocycles. The van der Waals surface area contributed by atoms with Gasteiger partial charge in [-0.05, 0) is 19.4 Å². The number of anilines is 1. The van der Waals surface area contributed by atoms with Crippen LogP contribution < -0.4 is 5.32 Å². The summed E-state index contributed by atoms with van der Waals surface area (Å²) in [6.07, 6.45) is 4.71. The van der Waals surface area contributed by atoms with E-state index in [9.17, 15) is 14.9 Å². The van der Waals surface area contributed by atoms with Crippen LogP contribution in [0.2, 0.25) is 0 Å². The minimum Gasteiger partial charge on any atom is -0.323 e. The number of rotatable bonds is 7. The smallest absolute Gasteiger partial charge is 0.309 e. The van der Waals surface area contributed by atoms with Gasteiger partial charge in [0, 0.05) is 12.6 Å². The average molecular weight is 368 g/mol. The normalized spacial score (nSPS) is 10.7. The first-order valence-electron chi connectivity index (χ1n) is 8.47. The average Bonchev–Trinajstić information content (AvgIpc) is 3.21. The zero-order valence-corrected chi connectivity index (χ0v) is 15.1. The Labute approximate surface area is 155 Å². The number of nitrogens with one attached hydrogen (secondary N) is 1. The molecule has 0 atom stereocenters. The lowest BCUT2D eigenvalue weighted by Crippen LogP contribution is -2.15. The molecule has 0 bridgehead atoms. The van der Waals surface area contributed by atoms with E-state index in [0.29, 0.717) is 17.9 Å². The third kappa shape index (κ3) is 4.57. The van der Waals surface area contributed by atoms with Gasteiger partial charge in [-0.25, -0.2) is 0 Å². The lowest BCUT2D eigenvalue weighted by Gasteiger charge is -2.05. The molecule has 0 radical (unpaired) electrons. The number of aryl methyl sites for hydroxylation is 2. The molecule has 9 nitrogen and oxygen atoms in total. The Bertz CT molecular complexity index is 958. The third-order valence-corrected chi connectivity index (χ3v) is 4.21. The first-order valence-corrected chi connectivity index (χ1v) is 8.47. The fraction of sp³-hybridized carbons (Fsp3) is 0.278. The van der Waals surface area contributed by atoms with E-state index in [4.69, 9.17) is 0 Å². The predicted octanol–water partition coefficient (Wildman–Crippen LogP) is 2.68. The molecule has 9 heteroatoms. The summed E-state index contributed by atoms with van der Waals surface area (Å²) in [4.78, 5) is 22.5. The number of hydrogen-bond acceptors (Lipinski definition) is 5. The van der Waals surface area contributed by atoms with E-state index in [0.717, 1.165) is 5.56 Å². The molecule has 0 aliphatic rings. The molecule has 1 amide bonds. The van der Waals surface area contributed by atoms with Crippen molar-refractivity contribution in [2.45, 2.75) is 33.4 Å². The summed E-state index contributed by atoms with van der Waals surface area (Å²) >= 11 is 0. The number of nitrogens with zero attached hydrogens (tertiary/aromatic N) is 5. The van der Waals surface area contributed by atoms with Gasteiger partial charge in [-0.15, -0.1) is 0 Å². The number of aromatic nitrogens is 4. The standard InChI is InChI=1S/C18H20N6O3/c1-13-3-5-15(6-4-13)11-22-12-16(9-19-22)21-18(25)7-8-23-14(2)17(10-20-23)24(26)27/h3-6,9-10,12H,7-8,11H2,1-2H3,(H,21,25). The highest BCUT2D eigenvalue weighted by Crippen LogP contribution is 2.16. The molecule has 3 aromatic rings. The van der Waals surface area contributed by atoms with Crippen LogP contribution in [-0.4, -0.2) is 30.4 Å². The van der Waals surface area contributed by atoms with Crippen molar-refractivity contribution in [3.63, 3.8) is 0 Å². The molecule has 0 aliphatic heterocycles. The van der Waals surface area contributed by atoms with Gasteiger partial charge in [-0.3, -0.25) is 24.3 Å². The van der Waals surface area contributed by atoms with Gasteiger partial charge in [0.25, 0.3) is 0 Å². The van der Waals surface area contributed by atoms with E-state index in [-0.39, 0.29) is 24.6 Å². The Morgan fingerprint density at radius 2 is 1.93 bits per heavy atom. The molecule has 0 fully saturated rings. The van der Waals surface area contributed by atoms with E-state index in [1.807, 2.05) is 31.2 Å². The van der Waals surface area contributed by atoms with Gasteiger partial charge in [0.15, 0.2) is 0 Å². The van der Waals surface area contributed by atoms with Crippen LogP contribution in [0.3, 0.4) is 0 Å². The molecular weight excluding hydrogens is 348 g/mol. The fourth-order valence-electron chi connectivity index (χ4n) is 2.67. The van der Waals surface area contributed by atoms with Crippen LogP contribution in [0.1, 0.15) is 23.2 Å². The first kappa shape index (κ1) is 18.3. The lowest BCUT2D eigenvalue weighted by molar-refractivity contribution is -0.385. The minimum atomic E-state index is -0.485. The first-order chi connectivity index (χ1) is 12.9. The highest BCUT2D eigenvalue weighted by molar-refractivity contribution is 5.90. The predicted molar refractivity (Wildman–Crippen MR) is 99.4 cm³/mol. The molecule has 0 saturated heterocycles. The zero-order valence-electron chi connectivity index (χ0n) is 15.1. The highest BCUT2D eigenvalue weighted by atomic mass is 16.6. The van der Waals surface area contributed by atoms with Crippen LogP contribution in [-0.2, 0) is 17.9 Å². The largest absolute Gasteiger partial charge is 0.323 e. The maximum atomic E-state index is 12.1. The second-order valence-corrected chi connectivity index (χ2v) is 6.31. The van der Waals surface area contributed by atoms with Crippen molar-refractivity contribution in [1.82, 2.24) is 19.6 Å². The zero-order chi connectivity index (χ0) is 19.4. The van der Waals surface area contributed by atoms with Crippen molar-refractivity contribution >= 4 is 17.3 Å². The summed E-state index contributed by atoms with van der Waals surface area (Å²) in [5.41, 5.74) is 3.31. The van der Waals surface area contributed by atoms with Gasteiger partial charge < -0.3 is 5.32 Å². The van der Waals surface area contributed by atoms with Crippen molar-refractivity contribution in [2.75, 3.05) is 5.32 Å². The number of carbonyl (C=O) groups excluding carboxylic acids is 1. The molecule has 2 heterocycles. The van der Waals surface area contributed by atoms with Crippen LogP contribution in [0.15, 0.2) is 42.9 Å². The van der Waals surface area contributed by atoms with Crippen molar-refractivity contribution in [3.8, 4) is 0 Å². The summed E-state index contributed by atoms with van der Waals surface area (Å²) in [7, 11) is 0. The number of carbonyl (C=O) groups is 1. The monoisotopic (exact) mass is 368 g/mol. The topological polar surface area (TPSA) is 108 Å². The SMILES string of the molecule is Cc1ccc(Cn2cc(NC(=O)CCn3ncc([N+](=O)[O-])c3C)cn2)cc1. The Kier molecular flexibility index (Phi) is 5.30. The van der Waals surface area contributed by atoms with E-state index in [1.54, 1.807) is 24.0 Å². The Morgan fingerprint density at radius 3 is 2.59 bits per heavy atom. The summed E-state index contributed by atoms with van der Waals surface area (Å²) in [5.74, 6) is -0.206. The third-order valence-electron chi connectivity index (χ3n) is 4.21. The van der Waals surface area contributed by atoms with E-state index in [1.165, 1.54) is 16.4 Å². The molecule has 140 valence electrons. The van der Waals surface area contributed by atoms with Crippen molar-refractivity contribution in [3.05, 3.63) is 69.8 Å². The Morgan fingerprint density at radius 1 is 1.19 bits per heavy atom. The summed E-state index contributed by atoms with van der Waals surface area (Å²) < 4.78 is 3.21.